The highest BCUT2D eigenvalue weighted by atomic mass is 16.2. The lowest BCUT2D eigenvalue weighted by Gasteiger charge is -2.36. The van der Waals surface area contributed by atoms with Crippen LogP contribution in [0.1, 0.15) is 61.1 Å². The highest BCUT2D eigenvalue weighted by molar-refractivity contribution is 5.95. The average Bonchev–Trinajstić information content (AvgIpc) is 3.72. The fourth-order valence-electron chi connectivity index (χ4n) is 5.65. The number of aromatic nitrogens is 3. The summed E-state index contributed by atoms with van der Waals surface area (Å²) in [4.78, 5) is 46.9. The predicted octanol–water partition coefficient (Wildman–Crippen LogP) is 3.78. The quantitative estimate of drug-likeness (QED) is 0.515. The van der Waals surface area contributed by atoms with Gasteiger partial charge in [-0.2, -0.15) is 5.10 Å². The van der Waals surface area contributed by atoms with Crippen LogP contribution in [0.15, 0.2) is 42.5 Å². The Bertz CT molecular complexity index is 1320. The number of fused-ring (bicyclic) bond motifs is 1. The number of piperidine rings is 2. The standard InChI is InChI=1S/C29H33N5O3/c35-25(21-11-12-21)18-26-30-27-8-4-7-24(34(27)31-26)20-9-13-22(14-10-20)28(36)33-17-5-6-23(19-33)29(37)32-15-2-1-3-16-32/h4,7-10,13-14,21,23H,1-3,5-6,11-12,15-19H2. The summed E-state index contributed by atoms with van der Waals surface area (Å²) in [5.74, 6) is 1.05. The Kier molecular flexibility index (Phi) is 6.49. The highest BCUT2D eigenvalue weighted by Crippen LogP contribution is 2.31. The zero-order valence-corrected chi connectivity index (χ0v) is 21.1. The van der Waals surface area contributed by atoms with Crippen molar-refractivity contribution < 1.29 is 14.4 Å². The Morgan fingerprint density at radius 3 is 2.32 bits per heavy atom. The number of pyridine rings is 1. The molecule has 0 bridgehead atoms. The molecule has 8 nitrogen and oxygen atoms in total. The summed E-state index contributed by atoms with van der Waals surface area (Å²) in [5.41, 5.74) is 3.11. The van der Waals surface area contributed by atoms with Gasteiger partial charge in [-0.15, -0.1) is 0 Å². The fraction of sp³-hybridized carbons (Fsp3) is 0.483. The van der Waals surface area contributed by atoms with E-state index in [1.807, 2.05) is 52.3 Å². The molecule has 2 amide bonds. The van der Waals surface area contributed by atoms with Gasteiger partial charge >= 0.3 is 0 Å². The lowest BCUT2D eigenvalue weighted by atomic mass is 9.95. The maximum absolute atomic E-state index is 13.3. The van der Waals surface area contributed by atoms with E-state index in [9.17, 15) is 14.4 Å². The van der Waals surface area contributed by atoms with Crippen molar-refractivity contribution >= 4 is 23.2 Å². The predicted molar refractivity (Wildman–Crippen MR) is 139 cm³/mol. The molecule has 0 radical (unpaired) electrons. The molecule has 3 fully saturated rings. The third-order valence-electron chi connectivity index (χ3n) is 7.92. The van der Waals surface area contributed by atoms with Crippen molar-refractivity contribution in [3.8, 4) is 11.3 Å². The number of Topliss-reactive ketones (excluding diaryl/α,β-unsaturated/α-hetero) is 1. The smallest absolute Gasteiger partial charge is 0.253 e. The molecule has 4 heterocycles. The van der Waals surface area contributed by atoms with Gasteiger partial charge < -0.3 is 9.80 Å². The minimum atomic E-state index is -0.0963. The number of hydrogen-bond acceptors (Lipinski definition) is 5. The van der Waals surface area contributed by atoms with Crippen LogP contribution in [-0.4, -0.2) is 68.2 Å². The van der Waals surface area contributed by atoms with Crippen LogP contribution in [0.2, 0.25) is 0 Å². The molecule has 3 aromatic rings. The molecule has 192 valence electrons. The van der Waals surface area contributed by atoms with E-state index < -0.39 is 0 Å². The summed E-state index contributed by atoms with van der Waals surface area (Å²) in [6.45, 7) is 2.88. The first-order valence-electron chi connectivity index (χ1n) is 13.6. The van der Waals surface area contributed by atoms with Crippen molar-refractivity contribution in [3.05, 3.63) is 53.9 Å². The monoisotopic (exact) mass is 499 g/mol. The molecule has 8 heteroatoms. The van der Waals surface area contributed by atoms with Crippen molar-refractivity contribution in [2.75, 3.05) is 26.2 Å². The first-order valence-corrected chi connectivity index (χ1v) is 13.6. The number of carbonyl (C=O) groups excluding carboxylic acids is 3. The van der Waals surface area contributed by atoms with Crippen LogP contribution in [0.25, 0.3) is 16.9 Å². The van der Waals surface area contributed by atoms with Gasteiger partial charge in [0.25, 0.3) is 5.91 Å². The average molecular weight is 500 g/mol. The molecule has 1 aliphatic carbocycles. The number of rotatable bonds is 6. The molecule has 0 N–H and O–H groups in total. The lowest BCUT2D eigenvalue weighted by molar-refractivity contribution is -0.137. The summed E-state index contributed by atoms with van der Waals surface area (Å²) in [5, 5.41) is 4.61. The maximum Gasteiger partial charge on any atom is 0.253 e. The number of ketones is 1. The number of likely N-dealkylation sites (tertiary alicyclic amines) is 2. The molecule has 2 saturated heterocycles. The number of amides is 2. The molecule has 2 aromatic heterocycles. The molecule has 1 saturated carbocycles. The van der Waals surface area contributed by atoms with Gasteiger partial charge in [0.05, 0.1) is 18.0 Å². The topological polar surface area (TPSA) is 87.9 Å². The third kappa shape index (κ3) is 5.02. The molecule has 0 spiro atoms. The highest BCUT2D eigenvalue weighted by Gasteiger charge is 2.32. The van der Waals surface area contributed by atoms with Gasteiger partial charge in [0.1, 0.15) is 5.78 Å². The fourth-order valence-corrected chi connectivity index (χ4v) is 5.65. The van der Waals surface area contributed by atoms with E-state index in [0.29, 0.717) is 30.1 Å². The number of hydrogen-bond donors (Lipinski definition) is 0. The van der Waals surface area contributed by atoms with E-state index in [4.69, 9.17) is 0 Å². The first kappa shape index (κ1) is 23.8. The number of carbonyl (C=O) groups is 3. The Balaban J connectivity index is 1.16. The van der Waals surface area contributed by atoms with Gasteiger partial charge in [-0.25, -0.2) is 9.50 Å². The third-order valence-corrected chi connectivity index (χ3v) is 7.92. The van der Waals surface area contributed by atoms with Crippen molar-refractivity contribution in [1.82, 2.24) is 24.4 Å². The minimum absolute atomic E-state index is 0.0254. The van der Waals surface area contributed by atoms with Crippen molar-refractivity contribution in [2.24, 2.45) is 11.8 Å². The van der Waals surface area contributed by atoms with E-state index in [1.54, 1.807) is 4.52 Å². The van der Waals surface area contributed by atoms with Crippen LogP contribution >= 0.6 is 0 Å². The van der Waals surface area contributed by atoms with E-state index >= 15 is 0 Å². The Labute approximate surface area is 216 Å². The second-order valence-corrected chi connectivity index (χ2v) is 10.7. The van der Waals surface area contributed by atoms with Crippen molar-refractivity contribution in [1.29, 1.82) is 0 Å². The van der Waals surface area contributed by atoms with E-state index in [0.717, 1.165) is 62.9 Å². The lowest BCUT2D eigenvalue weighted by Crippen LogP contribution is -2.47. The summed E-state index contributed by atoms with van der Waals surface area (Å²) in [7, 11) is 0. The molecule has 37 heavy (non-hydrogen) atoms. The van der Waals surface area contributed by atoms with Gasteiger partial charge in [-0.1, -0.05) is 18.2 Å². The van der Waals surface area contributed by atoms with Gasteiger partial charge in [0, 0.05) is 43.2 Å². The molecule has 6 rings (SSSR count). The summed E-state index contributed by atoms with van der Waals surface area (Å²) in [6, 6.07) is 13.3. The molecule has 2 aliphatic heterocycles. The second kappa shape index (κ2) is 10.1. The van der Waals surface area contributed by atoms with Gasteiger partial charge in [-0.3, -0.25) is 14.4 Å². The first-order chi connectivity index (χ1) is 18.1. The van der Waals surface area contributed by atoms with Crippen molar-refractivity contribution in [2.45, 2.75) is 51.4 Å². The largest absolute Gasteiger partial charge is 0.342 e. The summed E-state index contributed by atoms with van der Waals surface area (Å²) in [6.07, 6.45) is 7.30. The Morgan fingerprint density at radius 2 is 1.57 bits per heavy atom. The summed E-state index contributed by atoms with van der Waals surface area (Å²) >= 11 is 0. The van der Waals surface area contributed by atoms with Crippen LogP contribution < -0.4 is 0 Å². The van der Waals surface area contributed by atoms with E-state index in [2.05, 4.69) is 10.1 Å². The zero-order valence-electron chi connectivity index (χ0n) is 21.1. The molecule has 3 aliphatic rings. The van der Waals surface area contributed by atoms with Gasteiger partial charge in [0.2, 0.25) is 5.91 Å². The van der Waals surface area contributed by atoms with E-state index in [1.165, 1.54) is 6.42 Å². The maximum atomic E-state index is 13.3. The molecule has 1 unspecified atom stereocenters. The number of benzene rings is 1. The van der Waals surface area contributed by atoms with Crippen LogP contribution in [0.4, 0.5) is 0 Å². The Hall–Kier alpha value is -3.55. The van der Waals surface area contributed by atoms with Crippen molar-refractivity contribution in [3.63, 3.8) is 0 Å². The summed E-state index contributed by atoms with van der Waals surface area (Å²) < 4.78 is 1.77. The van der Waals surface area contributed by atoms with Crippen LogP contribution in [0.5, 0.6) is 0 Å². The minimum Gasteiger partial charge on any atom is -0.342 e. The zero-order chi connectivity index (χ0) is 25.4. The second-order valence-electron chi connectivity index (χ2n) is 10.7. The molecule has 1 atom stereocenters. The molecule has 1 aromatic carbocycles. The van der Waals surface area contributed by atoms with Gasteiger partial charge in [0.15, 0.2) is 11.5 Å². The number of nitrogens with zero attached hydrogens (tertiary/aromatic N) is 5. The molecular formula is C29H33N5O3. The van der Waals surface area contributed by atoms with Crippen LogP contribution in [0.3, 0.4) is 0 Å². The normalized spacial score (nSPS) is 20.3. The van der Waals surface area contributed by atoms with Crippen LogP contribution in [0, 0.1) is 11.8 Å². The SMILES string of the molecule is O=C(Cc1nc2cccc(-c3ccc(C(=O)N4CCCC(C(=O)N5CCCCC5)C4)cc3)n2n1)C1CC1. The molecular weight excluding hydrogens is 466 g/mol. The van der Waals surface area contributed by atoms with E-state index in [-0.39, 0.29) is 35.9 Å². The Morgan fingerprint density at radius 1 is 0.811 bits per heavy atom. The van der Waals surface area contributed by atoms with Gasteiger partial charge in [-0.05, 0) is 69.2 Å². The van der Waals surface area contributed by atoms with Crippen LogP contribution in [-0.2, 0) is 16.0 Å².